The second-order valence-corrected chi connectivity index (χ2v) is 6.88. The Morgan fingerprint density at radius 1 is 1.04 bits per heavy atom. The number of carbonyl (C=O) groups excluding carboxylic acids is 1. The topological polar surface area (TPSA) is 76.4 Å². The van der Waals surface area contributed by atoms with E-state index >= 15 is 0 Å². The fourth-order valence-corrected chi connectivity index (χ4v) is 3.74. The lowest BCUT2D eigenvalue weighted by atomic mass is 10.0. The molecule has 4 heterocycles. The van der Waals surface area contributed by atoms with E-state index in [0.717, 1.165) is 35.7 Å². The van der Waals surface area contributed by atoms with Crippen molar-refractivity contribution >= 4 is 11.9 Å². The number of carbonyl (C=O) groups is 1. The number of anilines is 1. The molecular formula is C20H20N6O2. The Hall–Kier alpha value is -3.42. The van der Waals surface area contributed by atoms with Gasteiger partial charge in [-0.15, -0.1) is 0 Å². The van der Waals surface area contributed by atoms with Crippen LogP contribution >= 0.6 is 0 Å². The minimum atomic E-state index is 0.0727. The molecule has 5 rings (SSSR count). The monoisotopic (exact) mass is 376 g/mol. The van der Waals surface area contributed by atoms with Crippen molar-refractivity contribution in [3.63, 3.8) is 0 Å². The molecule has 0 aliphatic carbocycles. The number of aromatic nitrogens is 4. The van der Waals surface area contributed by atoms with Crippen LogP contribution in [0.4, 0.5) is 5.95 Å². The first-order chi connectivity index (χ1) is 13.8. The predicted molar refractivity (Wildman–Crippen MR) is 103 cm³/mol. The van der Waals surface area contributed by atoms with Crippen LogP contribution in [0.5, 0.6) is 5.75 Å². The highest BCUT2D eigenvalue weighted by atomic mass is 16.5. The molecule has 28 heavy (non-hydrogen) atoms. The summed E-state index contributed by atoms with van der Waals surface area (Å²) in [6, 6.07) is 9.68. The first-order valence-corrected chi connectivity index (χ1v) is 9.36. The summed E-state index contributed by atoms with van der Waals surface area (Å²) in [4.78, 5) is 25.5. The molecule has 8 heteroatoms. The van der Waals surface area contributed by atoms with Gasteiger partial charge < -0.3 is 14.5 Å². The van der Waals surface area contributed by atoms with Crippen molar-refractivity contribution in [3.8, 4) is 17.0 Å². The molecule has 2 aromatic heterocycles. The van der Waals surface area contributed by atoms with E-state index in [1.807, 2.05) is 29.2 Å². The van der Waals surface area contributed by atoms with Gasteiger partial charge in [0.15, 0.2) is 0 Å². The molecule has 0 unspecified atom stereocenters. The summed E-state index contributed by atoms with van der Waals surface area (Å²) in [6.07, 6.45) is 5.27. The maximum absolute atomic E-state index is 12.9. The molecule has 1 aromatic carbocycles. The van der Waals surface area contributed by atoms with Crippen molar-refractivity contribution in [1.29, 1.82) is 0 Å². The van der Waals surface area contributed by atoms with E-state index in [1.165, 1.54) is 0 Å². The largest absolute Gasteiger partial charge is 0.488 e. The summed E-state index contributed by atoms with van der Waals surface area (Å²) in [5, 5.41) is 4.45. The van der Waals surface area contributed by atoms with Crippen LogP contribution in [-0.2, 0) is 17.9 Å². The molecule has 142 valence electrons. The minimum absolute atomic E-state index is 0.0727. The van der Waals surface area contributed by atoms with E-state index in [1.54, 1.807) is 29.3 Å². The summed E-state index contributed by atoms with van der Waals surface area (Å²) >= 11 is 0. The van der Waals surface area contributed by atoms with Crippen molar-refractivity contribution in [2.45, 2.75) is 13.2 Å². The zero-order valence-corrected chi connectivity index (χ0v) is 15.4. The Labute approximate surface area is 162 Å². The van der Waals surface area contributed by atoms with Crippen LogP contribution in [0.25, 0.3) is 11.3 Å². The van der Waals surface area contributed by atoms with E-state index in [4.69, 9.17) is 4.74 Å². The molecule has 3 aromatic rings. The van der Waals surface area contributed by atoms with Crippen molar-refractivity contribution in [3.05, 3.63) is 54.5 Å². The Morgan fingerprint density at radius 2 is 1.82 bits per heavy atom. The Morgan fingerprint density at radius 3 is 2.64 bits per heavy atom. The summed E-state index contributed by atoms with van der Waals surface area (Å²) in [6.45, 7) is 3.47. The molecule has 2 aliphatic rings. The number of nitrogens with zero attached hydrogens (tertiary/aromatic N) is 6. The minimum Gasteiger partial charge on any atom is -0.488 e. The van der Waals surface area contributed by atoms with Crippen molar-refractivity contribution in [2.24, 2.45) is 0 Å². The second-order valence-electron chi connectivity index (χ2n) is 6.88. The summed E-state index contributed by atoms with van der Waals surface area (Å²) in [7, 11) is 0. The quantitative estimate of drug-likeness (QED) is 0.691. The zero-order chi connectivity index (χ0) is 18.9. The van der Waals surface area contributed by atoms with Gasteiger partial charge in [0.1, 0.15) is 18.9 Å². The maximum atomic E-state index is 12.9. The first-order valence-electron chi connectivity index (χ1n) is 9.36. The molecule has 1 saturated heterocycles. The highest BCUT2D eigenvalue weighted by Crippen LogP contribution is 2.37. The fraction of sp³-hybridized carbons (Fsp3) is 0.300. The SMILES string of the molecule is O=C(Cn1ncc2c1-c1ccccc1OC2)N1CCN(c2ncccn2)CC1. The van der Waals surface area contributed by atoms with Crippen LogP contribution in [-0.4, -0.2) is 56.7 Å². The molecule has 0 bridgehead atoms. The molecule has 0 saturated carbocycles. The molecular weight excluding hydrogens is 356 g/mol. The lowest BCUT2D eigenvalue weighted by molar-refractivity contribution is -0.132. The number of ether oxygens (including phenoxy) is 1. The normalized spacial score (nSPS) is 15.6. The average Bonchev–Trinajstić information content (AvgIpc) is 3.18. The molecule has 2 aliphatic heterocycles. The van der Waals surface area contributed by atoms with Gasteiger partial charge in [-0.2, -0.15) is 5.10 Å². The maximum Gasteiger partial charge on any atom is 0.244 e. The summed E-state index contributed by atoms with van der Waals surface area (Å²) in [5.74, 6) is 1.62. The van der Waals surface area contributed by atoms with Crippen molar-refractivity contribution < 1.29 is 9.53 Å². The fourth-order valence-electron chi connectivity index (χ4n) is 3.74. The van der Waals surface area contributed by atoms with Crippen molar-refractivity contribution in [2.75, 3.05) is 31.1 Å². The highest BCUT2D eigenvalue weighted by molar-refractivity contribution is 5.78. The van der Waals surface area contributed by atoms with E-state index in [0.29, 0.717) is 25.6 Å². The molecule has 0 atom stereocenters. The predicted octanol–water partition coefficient (Wildman–Crippen LogP) is 1.58. The van der Waals surface area contributed by atoms with E-state index in [2.05, 4.69) is 20.0 Å². The number of para-hydroxylation sites is 1. The number of benzene rings is 1. The second kappa shape index (κ2) is 6.95. The third kappa shape index (κ3) is 2.96. The van der Waals surface area contributed by atoms with Gasteiger partial charge in [-0.1, -0.05) is 12.1 Å². The van der Waals surface area contributed by atoms with Gasteiger partial charge in [0, 0.05) is 49.7 Å². The molecule has 1 fully saturated rings. The Bertz CT molecular complexity index is 995. The van der Waals surface area contributed by atoms with Gasteiger partial charge in [-0.25, -0.2) is 9.97 Å². The van der Waals surface area contributed by atoms with Gasteiger partial charge in [0.2, 0.25) is 11.9 Å². The van der Waals surface area contributed by atoms with Gasteiger partial charge in [-0.3, -0.25) is 9.48 Å². The standard InChI is InChI=1S/C20H20N6O2/c27-18(24-8-10-25(11-9-24)20-21-6-3-7-22-20)13-26-19-15(12-23-26)14-28-17-5-2-1-4-16(17)19/h1-7,12H,8-11,13-14H2. The number of hydrogen-bond donors (Lipinski definition) is 0. The third-order valence-corrected chi connectivity index (χ3v) is 5.19. The Balaban J connectivity index is 1.29. The van der Waals surface area contributed by atoms with Crippen LogP contribution in [0.15, 0.2) is 48.9 Å². The van der Waals surface area contributed by atoms with Crippen molar-refractivity contribution in [1.82, 2.24) is 24.6 Å². The summed E-state index contributed by atoms with van der Waals surface area (Å²) in [5.41, 5.74) is 2.98. The van der Waals surface area contributed by atoms with Gasteiger partial charge >= 0.3 is 0 Å². The van der Waals surface area contributed by atoms with Crippen LogP contribution in [0, 0.1) is 0 Å². The lowest BCUT2D eigenvalue weighted by Crippen LogP contribution is -2.50. The molecule has 1 amide bonds. The number of rotatable bonds is 3. The lowest BCUT2D eigenvalue weighted by Gasteiger charge is -2.34. The smallest absolute Gasteiger partial charge is 0.244 e. The van der Waals surface area contributed by atoms with Gasteiger partial charge in [0.05, 0.1) is 11.9 Å². The first kappa shape index (κ1) is 16.7. The number of piperazine rings is 1. The van der Waals surface area contributed by atoms with Crippen LogP contribution in [0.2, 0.25) is 0 Å². The number of hydrogen-bond acceptors (Lipinski definition) is 6. The van der Waals surface area contributed by atoms with Crippen LogP contribution in [0.3, 0.4) is 0 Å². The number of fused-ring (bicyclic) bond motifs is 3. The van der Waals surface area contributed by atoms with E-state index in [9.17, 15) is 4.79 Å². The third-order valence-electron chi connectivity index (χ3n) is 5.19. The van der Waals surface area contributed by atoms with Crippen LogP contribution in [0.1, 0.15) is 5.56 Å². The summed E-state index contributed by atoms with van der Waals surface area (Å²) < 4.78 is 7.57. The zero-order valence-electron chi connectivity index (χ0n) is 15.4. The Kier molecular flexibility index (Phi) is 4.16. The van der Waals surface area contributed by atoms with E-state index in [-0.39, 0.29) is 12.5 Å². The molecule has 0 N–H and O–H groups in total. The average molecular weight is 376 g/mol. The van der Waals surface area contributed by atoms with Gasteiger partial charge in [-0.05, 0) is 18.2 Å². The van der Waals surface area contributed by atoms with Gasteiger partial charge in [0.25, 0.3) is 0 Å². The number of amides is 1. The van der Waals surface area contributed by atoms with Crippen LogP contribution < -0.4 is 9.64 Å². The molecule has 8 nitrogen and oxygen atoms in total. The van der Waals surface area contributed by atoms with E-state index < -0.39 is 0 Å². The highest BCUT2D eigenvalue weighted by Gasteiger charge is 2.26. The molecule has 0 spiro atoms. The molecule has 0 radical (unpaired) electrons.